The SMILES string of the molecule is CCOC(=O)C1CCN(C(=NC)NCCN2CCN(C(=O)OC(C)(C)C)CC2)CC1.I. The molecule has 1 N–H and O–H groups in total. The van der Waals surface area contributed by atoms with Crippen molar-refractivity contribution in [1.29, 1.82) is 0 Å². The van der Waals surface area contributed by atoms with E-state index in [-0.39, 0.29) is 42.0 Å². The maximum Gasteiger partial charge on any atom is 0.410 e. The summed E-state index contributed by atoms with van der Waals surface area (Å²) in [6.45, 7) is 14.3. The number of nitrogens with zero attached hydrogens (tertiary/aromatic N) is 4. The number of aliphatic imine (C=N–C) groups is 1. The second-order valence-electron chi connectivity index (χ2n) is 8.80. The van der Waals surface area contributed by atoms with Gasteiger partial charge in [0.25, 0.3) is 0 Å². The van der Waals surface area contributed by atoms with Crippen LogP contribution < -0.4 is 5.32 Å². The zero-order valence-corrected chi connectivity index (χ0v) is 22.0. The molecule has 0 atom stereocenters. The van der Waals surface area contributed by atoms with Crippen LogP contribution in [0.1, 0.15) is 40.5 Å². The number of piperazine rings is 1. The summed E-state index contributed by atoms with van der Waals surface area (Å²) in [6, 6.07) is 0. The first-order chi connectivity index (χ1) is 14.2. The minimum atomic E-state index is -0.460. The molecule has 2 aliphatic heterocycles. The number of guanidine groups is 1. The highest BCUT2D eigenvalue weighted by atomic mass is 127. The van der Waals surface area contributed by atoms with E-state index < -0.39 is 5.60 Å². The summed E-state index contributed by atoms with van der Waals surface area (Å²) in [5, 5.41) is 3.43. The second kappa shape index (κ2) is 13.3. The highest BCUT2D eigenvalue weighted by molar-refractivity contribution is 14.0. The molecule has 0 aromatic rings. The number of halogens is 1. The first-order valence-electron chi connectivity index (χ1n) is 11.1. The maximum atomic E-state index is 12.2. The van der Waals surface area contributed by atoms with Crippen LogP contribution in [0.2, 0.25) is 0 Å². The number of carbonyl (C=O) groups excluding carboxylic acids is 2. The van der Waals surface area contributed by atoms with Gasteiger partial charge >= 0.3 is 12.1 Å². The third-order valence-electron chi connectivity index (χ3n) is 5.36. The topological polar surface area (TPSA) is 86.7 Å². The Labute approximate surface area is 203 Å². The molecule has 9 nitrogen and oxygen atoms in total. The molecule has 10 heteroatoms. The van der Waals surface area contributed by atoms with E-state index >= 15 is 0 Å². The molecule has 0 aromatic heterocycles. The van der Waals surface area contributed by atoms with Crippen molar-refractivity contribution in [3.63, 3.8) is 0 Å². The number of ether oxygens (including phenoxy) is 2. The van der Waals surface area contributed by atoms with Gasteiger partial charge in [0.2, 0.25) is 0 Å². The van der Waals surface area contributed by atoms with Crippen molar-refractivity contribution < 1.29 is 19.1 Å². The molecule has 1 amide bonds. The third-order valence-corrected chi connectivity index (χ3v) is 5.36. The molecule has 0 radical (unpaired) electrons. The van der Waals surface area contributed by atoms with Crippen LogP contribution in [-0.2, 0) is 14.3 Å². The molecule has 0 bridgehead atoms. The molecular formula is C21H40IN5O4. The Kier molecular flexibility index (Phi) is 11.9. The number of carbonyl (C=O) groups is 2. The van der Waals surface area contributed by atoms with Gasteiger partial charge in [-0.15, -0.1) is 24.0 Å². The predicted octanol–water partition coefficient (Wildman–Crippen LogP) is 2.01. The largest absolute Gasteiger partial charge is 0.466 e. The number of esters is 1. The summed E-state index contributed by atoms with van der Waals surface area (Å²) >= 11 is 0. The predicted molar refractivity (Wildman–Crippen MR) is 132 cm³/mol. The normalized spacial score (nSPS) is 18.9. The summed E-state index contributed by atoms with van der Waals surface area (Å²) in [7, 11) is 1.79. The molecule has 2 heterocycles. The summed E-state index contributed by atoms with van der Waals surface area (Å²) in [5.74, 6) is 0.802. The van der Waals surface area contributed by atoms with E-state index in [1.54, 1.807) is 11.9 Å². The molecule has 0 spiro atoms. The van der Waals surface area contributed by atoms with Crippen LogP contribution >= 0.6 is 24.0 Å². The van der Waals surface area contributed by atoms with Crippen molar-refractivity contribution in [3.05, 3.63) is 0 Å². The number of hydrogen-bond donors (Lipinski definition) is 1. The number of piperidine rings is 1. The minimum absolute atomic E-state index is 0. The lowest BCUT2D eigenvalue weighted by Crippen LogP contribution is -2.52. The molecule has 180 valence electrons. The van der Waals surface area contributed by atoms with Crippen molar-refractivity contribution in [3.8, 4) is 0 Å². The molecule has 2 fully saturated rings. The lowest BCUT2D eigenvalue weighted by molar-refractivity contribution is -0.149. The fourth-order valence-electron chi connectivity index (χ4n) is 3.73. The fraction of sp³-hybridized carbons (Fsp3) is 0.857. The summed E-state index contributed by atoms with van der Waals surface area (Å²) in [6.07, 6.45) is 1.37. The number of amides is 1. The van der Waals surface area contributed by atoms with Crippen LogP contribution in [0.25, 0.3) is 0 Å². The maximum absolute atomic E-state index is 12.2. The monoisotopic (exact) mass is 553 g/mol. The smallest absolute Gasteiger partial charge is 0.410 e. The van der Waals surface area contributed by atoms with E-state index in [4.69, 9.17) is 9.47 Å². The van der Waals surface area contributed by atoms with Crippen LogP contribution in [0.3, 0.4) is 0 Å². The Hall–Kier alpha value is -1.30. The molecule has 2 rings (SSSR count). The Morgan fingerprint density at radius 1 is 1.03 bits per heavy atom. The minimum Gasteiger partial charge on any atom is -0.466 e. The summed E-state index contributed by atoms with van der Waals surface area (Å²) in [4.78, 5) is 34.8. The van der Waals surface area contributed by atoms with Gasteiger partial charge in [0.1, 0.15) is 5.60 Å². The highest BCUT2D eigenvalue weighted by Gasteiger charge is 2.28. The lowest BCUT2D eigenvalue weighted by atomic mass is 9.97. The molecule has 0 aliphatic carbocycles. The van der Waals surface area contributed by atoms with E-state index in [1.165, 1.54) is 0 Å². The molecule has 2 aliphatic rings. The molecule has 0 saturated carbocycles. The summed E-state index contributed by atoms with van der Waals surface area (Å²) < 4.78 is 10.6. The fourth-order valence-corrected chi connectivity index (χ4v) is 3.73. The van der Waals surface area contributed by atoms with Gasteiger partial charge in [-0.05, 0) is 40.5 Å². The van der Waals surface area contributed by atoms with Gasteiger partial charge < -0.3 is 24.6 Å². The van der Waals surface area contributed by atoms with E-state index in [2.05, 4.69) is 20.1 Å². The first kappa shape index (κ1) is 27.7. The van der Waals surface area contributed by atoms with E-state index in [0.717, 1.165) is 58.1 Å². The standard InChI is InChI=1S/C21H39N5O4.HI/c1-6-29-18(27)17-7-10-25(11-8-17)19(22-5)23-9-12-24-13-15-26(16-14-24)20(28)30-21(2,3)4;/h17H,6-16H2,1-5H3,(H,22,23);1H. The lowest BCUT2D eigenvalue weighted by Gasteiger charge is -2.36. The van der Waals surface area contributed by atoms with Crippen molar-refractivity contribution in [1.82, 2.24) is 20.0 Å². The average molecular weight is 553 g/mol. The van der Waals surface area contributed by atoms with Crippen molar-refractivity contribution in [2.45, 2.75) is 46.1 Å². The first-order valence-corrected chi connectivity index (χ1v) is 11.1. The zero-order chi connectivity index (χ0) is 22.1. The Morgan fingerprint density at radius 3 is 2.16 bits per heavy atom. The van der Waals surface area contributed by atoms with E-state index in [1.807, 2.05) is 27.7 Å². The molecular weight excluding hydrogens is 513 g/mol. The molecule has 0 aromatic carbocycles. The molecule has 31 heavy (non-hydrogen) atoms. The Morgan fingerprint density at radius 2 is 1.65 bits per heavy atom. The van der Waals surface area contributed by atoms with Crippen LogP contribution in [0.15, 0.2) is 4.99 Å². The Bertz CT molecular complexity index is 595. The van der Waals surface area contributed by atoms with Gasteiger partial charge in [-0.2, -0.15) is 0 Å². The Balaban J connectivity index is 0.00000480. The van der Waals surface area contributed by atoms with Crippen LogP contribution in [-0.4, -0.2) is 104 Å². The van der Waals surface area contributed by atoms with Gasteiger partial charge in [0, 0.05) is 59.4 Å². The quantitative estimate of drug-likeness (QED) is 0.241. The number of rotatable bonds is 5. The number of nitrogens with one attached hydrogen (secondary N) is 1. The van der Waals surface area contributed by atoms with Gasteiger partial charge in [0.15, 0.2) is 5.96 Å². The van der Waals surface area contributed by atoms with Crippen LogP contribution in [0.5, 0.6) is 0 Å². The third kappa shape index (κ3) is 9.38. The van der Waals surface area contributed by atoms with Crippen LogP contribution in [0, 0.1) is 5.92 Å². The van der Waals surface area contributed by atoms with Gasteiger partial charge in [0.05, 0.1) is 12.5 Å². The van der Waals surface area contributed by atoms with Crippen molar-refractivity contribution in [2.75, 3.05) is 66.0 Å². The molecule has 0 unspecified atom stereocenters. The van der Waals surface area contributed by atoms with Crippen molar-refractivity contribution >= 4 is 42.0 Å². The van der Waals surface area contributed by atoms with Gasteiger partial charge in [-0.1, -0.05) is 0 Å². The summed E-state index contributed by atoms with van der Waals surface area (Å²) in [5.41, 5.74) is -0.460. The molecule has 2 saturated heterocycles. The number of likely N-dealkylation sites (tertiary alicyclic amines) is 1. The second-order valence-corrected chi connectivity index (χ2v) is 8.80. The zero-order valence-electron chi connectivity index (χ0n) is 19.7. The van der Waals surface area contributed by atoms with E-state index in [0.29, 0.717) is 19.7 Å². The highest BCUT2D eigenvalue weighted by Crippen LogP contribution is 2.18. The van der Waals surface area contributed by atoms with Crippen molar-refractivity contribution in [2.24, 2.45) is 10.9 Å². The van der Waals surface area contributed by atoms with Gasteiger partial charge in [-0.3, -0.25) is 14.7 Å². The average Bonchev–Trinajstić information content (AvgIpc) is 2.71. The van der Waals surface area contributed by atoms with Gasteiger partial charge in [-0.25, -0.2) is 4.79 Å². The van der Waals surface area contributed by atoms with E-state index in [9.17, 15) is 9.59 Å². The van der Waals surface area contributed by atoms with Crippen LogP contribution in [0.4, 0.5) is 4.79 Å². The number of hydrogen-bond acceptors (Lipinski definition) is 6.